The minimum absolute atomic E-state index is 0.00181. The molecule has 10 heteroatoms. The van der Waals surface area contributed by atoms with Crippen molar-refractivity contribution in [3.8, 4) is 0 Å². The molecule has 4 aromatic heterocycles. The number of rotatable bonds is 6. The summed E-state index contributed by atoms with van der Waals surface area (Å²) in [5, 5.41) is 10.3. The van der Waals surface area contributed by atoms with Crippen LogP contribution in [0.2, 0.25) is 0 Å². The van der Waals surface area contributed by atoms with Gasteiger partial charge < -0.3 is 14.6 Å². The Bertz CT molecular complexity index is 7260. The second kappa shape index (κ2) is 29.2. The lowest BCUT2D eigenvalue weighted by molar-refractivity contribution is -0.149. The lowest BCUT2D eigenvalue weighted by Gasteiger charge is -2.57. The number of carbonyl (C=O) groups is 3. The Morgan fingerprint density at radius 3 is 1.22 bits per heavy atom. The van der Waals surface area contributed by atoms with Gasteiger partial charge in [-0.1, -0.05) is 150 Å². The number of pyridine rings is 4. The fourth-order valence-corrected chi connectivity index (χ4v) is 22.7. The van der Waals surface area contributed by atoms with Gasteiger partial charge in [0.25, 0.3) is 0 Å². The molecule has 0 saturated heterocycles. The number of hydrogen-bond donors (Lipinski definition) is 1. The number of nitrogens with zero attached hydrogens (tertiary/aromatic N) is 4. The minimum atomic E-state index is -3.17. The number of ether oxygens (including phenoxy) is 2. The lowest BCUT2D eigenvalue weighted by atomic mass is 9.47. The van der Waals surface area contributed by atoms with Crippen LogP contribution in [0.3, 0.4) is 0 Å². The van der Waals surface area contributed by atoms with E-state index in [1.807, 2.05) is 6.92 Å². The second-order valence-electron chi connectivity index (χ2n) is 33.5. The first kappa shape index (κ1) is 35.5. The highest BCUT2D eigenvalue weighted by atomic mass is 16.5. The maximum atomic E-state index is 12.5. The molecule has 582 valence electrons. The molecule has 0 bridgehead atoms. The first-order valence-corrected chi connectivity index (χ1v) is 38.8. The Hall–Kier alpha value is -6.91. The normalized spacial score (nSPS) is 52.9. The molecule has 20 rings (SSSR count). The van der Waals surface area contributed by atoms with E-state index in [2.05, 4.69) is 19.9 Å². The van der Waals surface area contributed by atoms with Gasteiger partial charge in [0.05, 0.1) is 39.0 Å². The summed E-state index contributed by atoms with van der Waals surface area (Å²) in [5.74, 6) is -14.9. The monoisotopic (exact) mass is 1530 g/mol. The summed E-state index contributed by atoms with van der Waals surface area (Å²) in [6.07, 6.45) is -20.8. The van der Waals surface area contributed by atoms with E-state index in [4.69, 9.17) is 84.9 Å². The van der Waals surface area contributed by atoms with Crippen molar-refractivity contribution < 1.29 is 104 Å². The van der Waals surface area contributed by atoms with Gasteiger partial charge in [-0.2, -0.15) is 0 Å². The molecule has 10 nitrogen and oxygen atoms in total. The average molecular weight is 1540 g/mol. The van der Waals surface area contributed by atoms with Crippen molar-refractivity contribution in [1.82, 2.24) is 19.9 Å². The quantitative estimate of drug-likeness (QED) is 0.146. The smallest absolute Gasteiger partial charge is 0.302 e. The highest BCUT2D eigenvalue weighted by molar-refractivity contribution is 5.83. The molecule has 0 radical (unpaired) electrons. The number of esters is 2. The van der Waals surface area contributed by atoms with E-state index in [0.29, 0.717) is 36.0 Å². The zero-order valence-corrected chi connectivity index (χ0v) is 61.7. The Morgan fingerprint density at radius 2 is 0.773 bits per heavy atom. The summed E-state index contributed by atoms with van der Waals surface area (Å²) in [6.45, 7) is -15.4. The van der Waals surface area contributed by atoms with Crippen LogP contribution in [0.4, 0.5) is 0 Å². The van der Waals surface area contributed by atoms with Crippen LogP contribution in [0.1, 0.15) is 346 Å². The molecule has 16 aliphatic rings. The van der Waals surface area contributed by atoms with E-state index in [1.54, 1.807) is 0 Å². The molecule has 0 spiro atoms. The minimum Gasteiger partial charge on any atom is -0.462 e. The molecule has 1 N–H and O–H groups in total. The summed E-state index contributed by atoms with van der Waals surface area (Å²) in [6, 6.07) is -9.08. The number of allylic oxidation sites excluding steroid dienone is 13. The third kappa shape index (κ3) is 12.8. The molecule has 110 heavy (non-hydrogen) atoms. The molecule has 4 aromatic rings. The molecule has 8 fully saturated rings. The zero-order valence-electron chi connectivity index (χ0n) is 117. The SMILES string of the molecule is [2H]C1=C(c2c([2H])nc([2H])c([2H])c2[2H])[C@@]2(C([2H])([2H])[2H])CCC3C(CC([2H])=C4C[C@@H](OC(C)=O)CC[C@@]43C([2H])([2H])[2H])C2C1.[2H]C1=C2CC(=O)CC[C@]2(C([2H])([2H])[2H])C2CC[C@]3(C([2H])([2H])[2H])C(c4c([2H])nc([2H])c([2H])c4[2H])=C([2H])C([2H])([2H])C3C2C1([2H])[2H].[2H]C1=C2C[C@@H](O)CC[C@]2(C)C2CC[C@]3(C([2H])([2H])[2H])C(c4c([2H])nc([2H])c([2H])c4[2H])=C([2H])C([2H])([2H])C3C2C1([2H])[2H].[2H]C1=C2C[C@@H](OC(C)=O)CC[C@]2(C([2H])([2H])[2H])C2CC[C@]3(C([2H])([2H])[2H])C(c4c([2H])nc([2H])c([2H])c4[2H])=C([2H])C([2H])([2H])C3C2C1. The van der Waals surface area contributed by atoms with Crippen molar-refractivity contribution in [2.75, 3.05) is 0 Å². The van der Waals surface area contributed by atoms with Gasteiger partial charge in [-0.25, -0.2) is 0 Å². The van der Waals surface area contributed by atoms with Crippen LogP contribution in [0, 0.1) is 114 Å². The number of aliphatic hydroxyl groups excluding tert-OH is 1. The van der Waals surface area contributed by atoms with Crippen LogP contribution in [-0.2, 0) is 23.9 Å². The predicted octanol–water partition coefficient (Wildman–Crippen LogP) is 22.9. The first-order chi connectivity index (χ1) is 75.3. The van der Waals surface area contributed by atoms with E-state index in [1.165, 1.54) is 13.8 Å². The van der Waals surface area contributed by atoms with E-state index in [0.717, 1.165) is 0 Å². The predicted molar refractivity (Wildman–Crippen MR) is 439 cm³/mol. The van der Waals surface area contributed by atoms with Crippen molar-refractivity contribution in [3.63, 3.8) is 0 Å². The Balaban J connectivity index is 0.000000147. The third-order valence-electron chi connectivity index (χ3n) is 28.2. The molecule has 0 amide bonds. The Kier molecular flexibility index (Phi) is 9.40. The second-order valence-corrected chi connectivity index (χ2v) is 33.5. The van der Waals surface area contributed by atoms with Crippen molar-refractivity contribution in [1.29, 1.82) is 0 Å². The van der Waals surface area contributed by atoms with Gasteiger partial charge in [-0.05, 0) is 337 Å². The van der Waals surface area contributed by atoms with Gasteiger partial charge in [0.15, 0.2) is 0 Å². The van der Waals surface area contributed by atoms with Crippen molar-refractivity contribution in [2.45, 2.75) is 267 Å². The Labute approximate surface area is 735 Å². The fourth-order valence-electron chi connectivity index (χ4n) is 22.7. The van der Waals surface area contributed by atoms with Crippen molar-refractivity contribution in [3.05, 3.63) is 191 Å². The van der Waals surface area contributed by atoms with Gasteiger partial charge in [0.2, 0.25) is 0 Å². The standard InChI is InChI=1S/2C26H33NO2.C24H31NO.C24H29NO/c2*1-17(28)29-20-10-12-25(2)19(15-20)6-7-21-23-9-8-22(18-5-4-14-27-16-18)26(23,3)13-11-24(21)25;2*1-23-11-9-18(26)14-17(23)5-6-19-21-8-7-20(16-4-3-13-25-15-16)24(21,2)12-10-22(19)23/h2*4-6,8,14,16,20-21,23-24H,7,9-13,15H2,1-3H3;3-5,7,13,15,18-19,21-22,26H,6,8-12,14H2,1-2H3;3-5,7,13,15,19,21-22H,6,8-12,14H2,1-2H3/t2*20-,21?,23?,24?,25-,26+;18-,19?,21?,22?,23-,24+;19?,21?,22?,23-,24+/m0000/s1/i2D3,3D3,4D,5D,6D,8D,9D2,14D,16D;2D3,3D3,4D,5D,6D,8D,14D,16D;2D3,3D,4D,5D,6D2,7D,8D2,13D,15D;1D3,2D3,3D,4D,5D,6D2,7D,8D2,13D,15D. The summed E-state index contributed by atoms with van der Waals surface area (Å²) in [7, 11) is 0. The molecule has 12 unspecified atom stereocenters. The third-order valence-corrected chi connectivity index (χ3v) is 28.2. The maximum Gasteiger partial charge on any atom is 0.302 e. The molecular formula is C100H126N4O6. The summed E-state index contributed by atoms with van der Waals surface area (Å²) < 4.78 is 487. The van der Waals surface area contributed by atoms with Gasteiger partial charge in [-0.15, -0.1) is 0 Å². The fraction of sp³-hybridized carbons (Fsp3) is 0.610. The molecule has 0 aliphatic heterocycles. The van der Waals surface area contributed by atoms with E-state index in [9.17, 15) is 19.5 Å². The van der Waals surface area contributed by atoms with Crippen LogP contribution < -0.4 is 0 Å². The number of ketones is 1. The summed E-state index contributed by atoms with van der Waals surface area (Å²) in [5.41, 5.74) is -16.2. The molecular weight excluding hydrogens is 1350 g/mol. The van der Waals surface area contributed by atoms with Crippen LogP contribution in [0.25, 0.3) is 22.3 Å². The molecule has 23 atom stereocenters. The molecule has 0 aromatic carbocycles. The first-order valence-electron chi connectivity index (χ1n) is 66.3. The highest BCUT2D eigenvalue weighted by Gasteiger charge is 2.62. The van der Waals surface area contributed by atoms with Crippen LogP contribution in [0.15, 0.2) is 168 Å². The van der Waals surface area contributed by atoms with E-state index >= 15 is 0 Å². The topological polar surface area (TPSA) is 141 Å². The van der Waals surface area contributed by atoms with E-state index in [-0.39, 0.29) is 162 Å². The molecule has 16 aliphatic carbocycles. The number of fused-ring (bicyclic) bond motifs is 20. The van der Waals surface area contributed by atoms with Crippen LogP contribution >= 0.6 is 0 Å². The van der Waals surface area contributed by atoms with E-state index < -0.39 is 393 Å². The largest absolute Gasteiger partial charge is 0.462 e. The van der Waals surface area contributed by atoms with Crippen molar-refractivity contribution in [2.24, 2.45) is 114 Å². The highest BCUT2D eigenvalue weighted by Crippen LogP contribution is 2.72. The van der Waals surface area contributed by atoms with Gasteiger partial charge >= 0.3 is 11.9 Å². The number of carbonyl (C=O) groups excluding carboxylic acids is 3. The molecule has 4 heterocycles. The van der Waals surface area contributed by atoms with Crippen molar-refractivity contribution >= 4 is 40.0 Å². The van der Waals surface area contributed by atoms with Crippen LogP contribution in [0.5, 0.6) is 0 Å². The summed E-state index contributed by atoms with van der Waals surface area (Å²) >= 11 is 0. The zero-order chi connectivity index (χ0) is 124. The van der Waals surface area contributed by atoms with Gasteiger partial charge in [0.1, 0.15) is 18.0 Å². The number of aliphatic hydroxyl groups is 1. The van der Waals surface area contributed by atoms with Gasteiger partial charge in [-0.3, -0.25) is 34.3 Å². The summed E-state index contributed by atoms with van der Waals surface area (Å²) in [4.78, 5) is 50.5. The number of hydrogen-bond acceptors (Lipinski definition) is 10. The number of Topliss-reactive ketones (excluding diaryl/α,β-unsaturated/α-hetero) is 1. The average Bonchev–Trinajstić information content (AvgIpc) is 1.49. The number of aromatic nitrogens is 4. The van der Waals surface area contributed by atoms with Gasteiger partial charge in [0, 0.05) is 131 Å². The van der Waals surface area contributed by atoms with Crippen LogP contribution in [-0.4, -0.2) is 61.1 Å². The Morgan fingerprint density at radius 1 is 0.409 bits per heavy atom. The lowest BCUT2D eigenvalue weighted by Crippen LogP contribution is -2.50. The molecule has 8 saturated carbocycles. The maximum absolute atomic E-state index is 12.5.